The molecule has 0 amide bonds. The van der Waals surface area contributed by atoms with E-state index in [1.807, 2.05) is 38.5 Å². The SMILES string of the molecule is CN(C)c1ccc(N=CCc2ccccc2)cc1. The minimum absolute atomic E-state index is 0.871. The molecule has 0 N–H and O–H groups in total. The second-order valence-electron chi connectivity index (χ2n) is 4.41. The average Bonchev–Trinajstić information content (AvgIpc) is 2.40. The van der Waals surface area contributed by atoms with Gasteiger partial charge in [0, 0.05) is 32.4 Å². The molecule has 0 aliphatic rings. The van der Waals surface area contributed by atoms with Crippen LogP contribution in [-0.4, -0.2) is 20.3 Å². The van der Waals surface area contributed by atoms with Crippen LogP contribution in [0.3, 0.4) is 0 Å². The number of nitrogens with zero attached hydrogens (tertiary/aromatic N) is 2. The fourth-order valence-corrected chi connectivity index (χ4v) is 1.71. The third-order valence-electron chi connectivity index (χ3n) is 2.78. The Morgan fingerprint density at radius 1 is 0.944 bits per heavy atom. The summed E-state index contributed by atoms with van der Waals surface area (Å²) < 4.78 is 0. The standard InChI is InChI=1S/C16H18N2/c1-18(2)16-10-8-15(9-11-16)17-13-12-14-6-4-3-5-7-14/h3-11,13H,12H2,1-2H3. The van der Waals surface area contributed by atoms with Crippen LogP contribution in [0.4, 0.5) is 11.4 Å². The molecule has 0 aliphatic heterocycles. The Hall–Kier alpha value is -2.09. The van der Waals surface area contributed by atoms with Gasteiger partial charge in [-0.1, -0.05) is 30.3 Å². The maximum Gasteiger partial charge on any atom is 0.0627 e. The molecule has 2 heteroatoms. The average molecular weight is 238 g/mol. The fraction of sp³-hybridized carbons (Fsp3) is 0.188. The molecule has 0 radical (unpaired) electrons. The zero-order chi connectivity index (χ0) is 12.8. The van der Waals surface area contributed by atoms with Crippen molar-refractivity contribution in [3.05, 3.63) is 60.2 Å². The first-order valence-electron chi connectivity index (χ1n) is 6.09. The first-order chi connectivity index (χ1) is 8.75. The molecule has 0 saturated heterocycles. The second-order valence-corrected chi connectivity index (χ2v) is 4.41. The Morgan fingerprint density at radius 2 is 1.61 bits per heavy atom. The van der Waals surface area contributed by atoms with Gasteiger partial charge in [-0.3, -0.25) is 4.99 Å². The topological polar surface area (TPSA) is 15.6 Å². The summed E-state index contributed by atoms with van der Waals surface area (Å²) in [6.07, 6.45) is 2.83. The van der Waals surface area contributed by atoms with Crippen LogP contribution in [0.25, 0.3) is 0 Å². The van der Waals surface area contributed by atoms with Crippen LogP contribution in [0.5, 0.6) is 0 Å². The van der Waals surface area contributed by atoms with E-state index in [2.05, 4.69) is 46.3 Å². The molecule has 2 nitrogen and oxygen atoms in total. The number of hydrogen-bond acceptors (Lipinski definition) is 2. The normalized spacial score (nSPS) is 10.8. The second kappa shape index (κ2) is 6.01. The predicted octanol–water partition coefficient (Wildman–Crippen LogP) is 3.70. The highest BCUT2D eigenvalue weighted by molar-refractivity contribution is 5.67. The number of rotatable bonds is 4. The van der Waals surface area contributed by atoms with Gasteiger partial charge in [0.2, 0.25) is 0 Å². The van der Waals surface area contributed by atoms with Crippen LogP contribution >= 0.6 is 0 Å². The van der Waals surface area contributed by atoms with E-state index in [0.29, 0.717) is 0 Å². The summed E-state index contributed by atoms with van der Waals surface area (Å²) in [5, 5.41) is 0. The zero-order valence-corrected chi connectivity index (χ0v) is 10.9. The molecule has 0 aromatic heterocycles. The molecule has 92 valence electrons. The van der Waals surface area contributed by atoms with Crippen molar-refractivity contribution >= 4 is 17.6 Å². The number of hydrogen-bond donors (Lipinski definition) is 0. The van der Waals surface area contributed by atoms with Gasteiger partial charge < -0.3 is 4.90 Å². The number of anilines is 1. The van der Waals surface area contributed by atoms with Crippen LogP contribution in [0.1, 0.15) is 5.56 Å². The van der Waals surface area contributed by atoms with Gasteiger partial charge in [0.05, 0.1) is 5.69 Å². The largest absolute Gasteiger partial charge is 0.378 e. The van der Waals surface area contributed by atoms with Gasteiger partial charge in [0.15, 0.2) is 0 Å². The summed E-state index contributed by atoms with van der Waals surface area (Å²) >= 11 is 0. The van der Waals surface area contributed by atoms with Crippen LogP contribution < -0.4 is 4.90 Å². The lowest BCUT2D eigenvalue weighted by Gasteiger charge is -2.11. The number of benzene rings is 2. The van der Waals surface area contributed by atoms with E-state index >= 15 is 0 Å². The van der Waals surface area contributed by atoms with Crippen LogP contribution in [-0.2, 0) is 6.42 Å². The highest BCUT2D eigenvalue weighted by Gasteiger charge is 1.94. The quantitative estimate of drug-likeness (QED) is 0.742. The third-order valence-corrected chi connectivity index (χ3v) is 2.78. The Labute approximate surface area is 109 Å². The molecule has 0 bridgehead atoms. The minimum Gasteiger partial charge on any atom is -0.378 e. The highest BCUT2D eigenvalue weighted by atomic mass is 15.1. The molecular weight excluding hydrogens is 220 g/mol. The lowest BCUT2D eigenvalue weighted by molar-refractivity contribution is 1.13. The van der Waals surface area contributed by atoms with E-state index in [0.717, 1.165) is 12.1 Å². The molecule has 2 rings (SSSR count). The van der Waals surface area contributed by atoms with Crippen molar-refractivity contribution in [3.63, 3.8) is 0 Å². The highest BCUT2D eigenvalue weighted by Crippen LogP contribution is 2.17. The Balaban J connectivity index is 1.97. The van der Waals surface area contributed by atoms with E-state index in [1.54, 1.807) is 0 Å². The molecule has 0 saturated carbocycles. The summed E-state index contributed by atoms with van der Waals surface area (Å²) in [7, 11) is 4.07. The summed E-state index contributed by atoms with van der Waals surface area (Å²) in [6, 6.07) is 18.6. The molecule has 0 spiro atoms. The van der Waals surface area contributed by atoms with E-state index in [9.17, 15) is 0 Å². The maximum absolute atomic E-state index is 4.46. The molecule has 0 fully saturated rings. The number of aliphatic imine (C=N–C) groups is 1. The summed E-state index contributed by atoms with van der Waals surface area (Å²) in [5.41, 5.74) is 3.47. The van der Waals surface area contributed by atoms with Gasteiger partial charge in [0.25, 0.3) is 0 Å². The molecule has 18 heavy (non-hydrogen) atoms. The first kappa shape index (κ1) is 12.4. The maximum atomic E-state index is 4.46. The van der Waals surface area contributed by atoms with Gasteiger partial charge in [0.1, 0.15) is 0 Å². The predicted molar refractivity (Wildman–Crippen MR) is 79.1 cm³/mol. The van der Waals surface area contributed by atoms with Crippen molar-refractivity contribution in [1.82, 2.24) is 0 Å². The molecule has 2 aromatic rings. The minimum atomic E-state index is 0.871. The van der Waals surface area contributed by atoms with Crippen molar-refractivity contribution in [2.75, 3.05) is 19.0 Å². The Morgan fingerprint density at radius 3 is 2.22 bits per heavy atom. The van der Waals surface area contributed by atoms with Gasteiger partial charge in [-0.15, -0.1) is 0 Å². The van der Waals surface area contributed by atoms with Crippen LogP contribution in [0, 0.1) is 0 Å². The van der Waals surface area contributed by atoms with Crippen LogP contribution in [0.15, 0.2) is 59.6 Å². The Kier molecular flexibility index (Phi) is 4.13. The van der Waals surface area contributed by atoms with Crippen molar-refractivity contribution in [2.24, 2.45) is 4.99 Å². The van der Waals surface area contributed by atoms with Gasteiger partial charge in [-0.2, -0.15) is 0 Å². The monoisotopic (exact) mass is 238 g/mol. The molecule has 0 aliphatic carbocycles. The molecule has 2 aromatic carbocycles. The fourth-order valence-electron chi connectivity index (χ4n) is 1.71. The van der Waals surface area contributed by atoms with Crippen molar-refractivity contribution in [3.8, 4) is 0 Å². The van der Waals surface area contributed by atoms with Crippen LogP contribution in [0.2, 0.25) is 0 Å². The van der Waals surface area contributed by atoms with Crippen molar-refractivity contribution in [2.45, 2.75) is 6.42 Å². The van der Waals surface area contributed by atoms with E-state index < -0.39 is 0 Å². The zero-order valence-electron chi connectivity index (χ0n) is 10.9. The van der Waals surface area contributed by atoms with E-state index in [1.165, 1.54) is 11.3 Å². The summed E-state index contributed by atoms with van der Waals surface area (Å²) in [4.78, 5) is 6.54. The Bertz CT molecular complexity index is 498. The van der Waals surface area contributed by atoms with Gasteiger partial charge >= 0.3 is 0 Å². The summed E-state index contributed by atoms with van der Waals surface area (Å²) in [6.45, 7) is 0. The van der Waals surface area contributed by atoms with Crippen molar-refractivity contribution in [1.29, 1.82) is 0 Å². The van der Waals surface area contributed by atoms with Gasteiger partial charge in [-0.25, -0.2) is 0 Å². The molecule has 0 heterocycles. The summed E-state index contributed by atoms with van der Waals surface area (Å²) in [5.74, 6) is 0. The molecule has 0 atom stereocenters. The smallest absolute Gasteiger partial charge is 0.0627 e. The van der Waals surface area contributed by atoms with Crippen molar-refractivity contribution < 1.29 is 0 Å². The van der Waals surface area contributed by atoms with E-state index in [4.69, 9.17) is 0 Å². The lowest BCUT2D eigenvalue weighted by Crippen LogP contribution is -2.07. The molecule has 0 unspecified atom stereocenters. The van der Waals surface area contributed by atoms with E-state index in [-0.39, 0.29) is 0 Å². The van der Waals surface area contributed by atoms with Gasteiger partial charge in [-0.05, 0) is 29.8 Å². The third kappa shape index (κ3) is 3.45. The lowest BCUT2D eigenvalue weighted by atomic mass is 10.2. The first-order valence-corrected chi connectivity index (χ1v) is 6.09. The molecular formula is C16H18N2.